The lowest BCUT2D eigenvalue weighted by molar-refractivity contribution is 0.147. The second-order valence-corrected chi connectivity index (χ2v) is 5.76. The summed E-state index contributed by atoms with van der Waals surface area (Å²) in [5.74, 6) is -1.19. The van der Waals surface area contributed by atoms with Crippen LogP contribution in [-0.4, -0.2) is 11.7 Å². The van der Waals surface area contributed by atoms with E-state index in [1.54, 1.807) is 24.3 Å². The fraction of sp³-hybridized carbons (Fsp3) is 0.200. The van der Waals surface area contributed by atoms with Crippen LogP contribution in [0.15, 0.2) is 36.4 Å². The van der Waals surface area contributed by atoms with Crippen molar-refractivity contribution in [3.05, 3.63) is 68.4 Å². The van der Waals surface area contributed by atoms with Gasteiger partial charge >= 0.3 is 0 Å². The van der Waals surface area contributed by atoms with Gasteiger partial charge in [-0.25, -0.2) is 4.39 Å². The zero-order valence-electron chi connectivity index (χ0n) is 10.9. The molecule has 0 aliphatic carbocycles. The molecule has 2 rings (SSSR count). The summed E-state index contributed by atoms with van der Waals surface area (Å²) in [6, 6.07) is 9.25. The quantitative estimate of drug-likeness (QED) is 0.850. The topological polar surface area (TPSA) is 46.2 Å². The molecule has 0 aliphatic rings. The van der Waals surface area contributed by atoms with Gasteiger partial charge in [-0.2, -0.15) is 0 Å². The van der Waals surface area contributed by atoms with Crippen molar-refractivity contribution in [1.82, 2.24) is 0 Å². The normalized spacial score (nSPS) is 14.0. The lowest BCUT2D eigenvalue weighted by atomic mass is 9.89. The van der Waals surface area contributed by atoms with Gasteiger partial charge in [0, 0.05) is 28.1 Å². The molecule has 2 unspecified atom stereocenters. The number of halogens is 4. The van der Waals surface area contributed by atoms with Crippen LogP contribution >= 0.6 is 34.8 Å². The molecule has 2 aromatic carbocycles. The fourth-order valence-electron chi connectivity index (χ4n) is 2.24. The van der Waals surface area contributed by atoms with Crippen LogP contribution < -0.4 is 5.73 Å². The fourth-order valence-corrected chi connectivity index (χ4v) is 3.15. The Hall–Kier alpha value is -0.840. The number of aliphatic hydroxyl groups excluding tert-OH is 1. The van der Waals surface area contributed by atoms with Crippen molar-refractivity contribution in [2.45, 2.75) is 12.0 Å². The molecule has 6 heteroatoms. The van der Waals surface area contributed by atoms with Crippen molar-refractivity contribution >= 4 is 34.8 Å². The van der Waals surface area contributed by atoms with Crippen LogP contribution in [0, 0.1) is 5.82 Å². The Bertz CT molecular complexity index is 631. The van der Waals surface area contributed by atoms with Crippen molar-refractivity contribution in [2.75, 3.05) is 6.54 Å². The van der Waals surface area contributed by atoms with E-state index in [2.05, 4.69) is 0 Å². The second kappa shape index (κ2) is 6.95. The van der Waals surface area contributed by atoms with Gasteiger partial charge in [0.1, 0.15) is 5.82 Å². The minimum absolute atomic E-state index is 0.0808. The SMILES string of the molecule is NCC(c1c(Cl)cccc1Cl)C(O)c1cccc(F)c1Cl. The molecule has 0 aliphatic heterocycles. The molecule has 0 radical (unpaired) electrons. The summed E-state index contributed by atoms with van der Waals surface area (Å²) in [4.78, 5) is 0. The maximum absolute atomic E-state index is 13.5. The molecule has 2 nitrogen and oxygen atoms in total. The summed E-state index contributed by atoms with van der Waals surface area (Å²) in [7, 11) is 0. The third kappa shape index (κ3) is 3.33. The summed E-state index contributed by atoms with van der Waals surface area (Å²) in [5, 5.41) is 11.2. The zero-order valence-corrected chi connectivity index (χ0v) is 13.1. The number of nitrogens with two attached hydrogens (primary N) is 1. The van der Waals surface area contributed by atoms with Gasteiger partial charge in [0.2, 0.25) is 0 Å². The highest BCUT2D eigenvalue weighted by molar-refractivity contribution is 6.36. The van der Waals surface area contributed by atoms with Crippen molar-refractivity contribution in [1.29, 1.82) is 0 Å². The van der Waals surface area contributed by atoms with Gasteiger partial charge in [0.15, 0.2) is 0 Å². The molecule has 0 fully saturated rings. The number of rotatable bonds is 4. The lowest BCUT2D eigenvalue weighted by Gasteiger charge is -2.25. The molecule has 0 saturated heterocycles. The summed E-state index contributed by atoms with van der Waals surface area (Å²) in [6.07, 6.45) is -1.12. The van der Waals surface area contributed by atoms with Crippen LogP contribution in [0.1, 0.15) is 23.1 Å². The predicted octanol–water partition coefficient (Wildman–Crippen LogP) is 4.56. The number of aliphatic hydroxyl groups is 1. The van der Waals surface area contributed by atoms with Gasteiger partial charge in [-0.3, -0.25) is 0 Å². The highest BCUT2D eigenvalue weighted by Crippen LogP contribution is 2.40. The Morgan fingerprint density at radius 3 is 2.19 bits per heavy atom. The molecule has 0 amide bonds. The standard InChI is InChI=1S/C15H13Cl3FNO/c16-10-4-2-5-11(17)13(10)9(7-20)15(21)8-3-1-6-12(19)14(8)18/h1-6,9,15,21H,7,20H2. The van der Waals surface area contributed by atoms with Crippen LogP contribution in [0.2, 0.25) is 15.1 Å². The average molecular weight is 349 g/mol. The van der Waals surface area contributed by atoms with Crippen LogP contribution in [0.3, 0.4) is 0 Å². The monoisotopic (exact) mass is 347 g/mol. The van der Waals surface area contributed by atoms with E-state index in [0.29, 0.717) is 15.6 Å². The first-order valence-corrected chi connectivity index (χ1v) is 7.36. The molecule has 0 heterocycles. The number of benzene rings is 2. The van der Waals surface area contributed by atoms with Gasteiger partial charge in [-0.1, -0.05) is 53.0 Å². The highest BCUT2D eigenvalue weighted by atomic mass is 35.5. The Morgan fingerprint density at radius 2 is 1.62 bits per heavy atom. The van der Waals surface area contributed by atoms with Gasteiger partial charge in [-0.15, -0.1) is 0 Å². The zero-order chi connectivity index (χ0) is 15.6. The first-order chi connectivity index (χ1) is 9.97. The first-order valence-electron chi connectivity index (χ1n) is 6.23. The van der Waals surface area contributed by atoms with E-state index in [0.717, 1.165) is 0 Å². The number of hydrogen-bond donors (Lipinski definition) is 2. The van der Waals surface area contributed by atoms with Crippen molar-refractivity contribution in [3.8, 4) is 0 Å². The van der Waals surface area contributed by atoms with E-state index >= 15 is 0 Å². The summed E-state index contributed by atoms with van der Waals surface area (Å²) in [5.41, 5.74) is 6.53. The van der Waals surface area contributed by atoms with E-state index in [-0.39, 0.29) is 17.1 Å². The Balaban J connectivity index is 2.48. The summed E-state index contributed by atoms with van der Waals surface area (Å²) in [6.45, 7) is 0.0808. The van der Waals surface area contributed by atoms with E-state index in [1.165, 1.54) is 12.1 Å². The van der Waals surface area contributed by atoms with E-state index in [9.17, 15) is 9.50 Å². The maximum Gasteiger partial charge on any atom is 0.142 e. The van der Waals surface area contributed by atoms with Gasteiger partial charge in [0.05, 0.1) is 11.1 Å². The summed E-state index contributed by atoms with van der Waals surface area (Å²) >= 11 is 18.2. The van der Waals surface area contributed by atoms with E-state index < -0.39 is 17.8 Å². The number of hydrogen-bond acceptors (Lipinski definition) is 2. The van der Waals surface area contributed by atoms with Gasteiger partial charge in [-0.05, 0) is 23.8 Å². The Morgan fingerprint density at radius 1 is 1.05 bits per heavy atom. The van der Waals surface area contributed by atoms with Crippen molar-refractivity contribution in [3.63, 3.8) is 0 Å². The lowest BCUT2D eigenvalue weighted by Crippen LogP contribution is -2.21. The van der Waals surface area contributed by atoms with Crippen LogP contribution in [0.25, 0.3) is 0 Å². The van der Waals surface area contributed by atoms with E-state index in [1.807, 2.05) is 0 Å². The molecular formula is C15H13Cl3FNO. The van der Waals surface area contributed by atoms with Crippen LogP contribution in [-0.2, 0) is 0 Å². The Kier molecular flexibility index (Phi) is 5.47. The molecular weight excluding hydrogens is 336 g/mol. The molecule has 0 saturated carbocycles. The minimum atomic E-state index is -1.12. The van der Waals surface area contributed by atoms with Crippen molar-refractivity contribution in [2.24, 2.45) is 5.73 Å². The molecule has 3 N–H and O–H groups in total. The Labute approximate surface area is 137 Å². The smallest absolute Gasteiger partial charge is 0.142 e. The van der Waals surface area contributed by atoms with Gasteiger partial charge < -0.3 is 10.8 Å². The molecule has 0 bridgehead atoms. The molecule has 2 atom stereocenters. The summed E-state index contributed by atoms with van der Waals surface area (Å²) < 4.78 is 13.5. The van der Waals surface area contributed by atoms with Gasteiger partial charge in [0.25, 0.3) is 0 Å². The third-order valence-corrected chi connectivity index (χ3v) is 4.36. The molecule has 112 valence electrons. The average Bonchev–Trinajstić information content (AvgIpc) is 2.45. The predicted molar refractivity (Wildman–Crippen MR) is 84.6 cm³/mol. The maximum atomic E-state index is 13.5. The molecule has 21 heavy (non-hydrogen) atoms. The molecule has 2 aromatic rings. The molecule has 0 aromatic heterocycles. The van der Waals surface area contributed by atoms with Crippen molar-refractivity contribution < 1.29 is 9.50 Å². The van der Waals surface area contributed by atoms with Crippen LogP contribution in [0.4, 0.5) is 4.39 Å². The largest absolute Gasteiger partial charge is 0.388 e. The van der Waals surface area contributed by atoms with Crippen LogP contribution in [0.5, 0.6) is 0 Å². The third-order valence-electron chi connectivity index (χ3n) is 3.31. The first kappa shape index (κ1) is 16.5. The highest BCUT2D eigenvalue weighted by Gasteiger charge is 2.27. The minimum Gasteiger partial charge on any atom is -0.388 e. The molecule has 0 spiro atoms. The van der Waals surface area contributed by atoms with E-state index in [4.69, 9.17) is 40.5 Å². The second-order valence-electron chi connectivity index (χ2n) is 4.57.